The molecule has 2 aromatic rings. The highest BCUT2D eigenvalue weighted by molar-refractivity contribution is 5.81. The molecule has 2 unspecified atom stereocenters. The molecule has 1 aromatic heterocycles. The van der Waals surface area contributed by atoms with Gasteiger partial charge < -0.3 is 10.1 Å². The van der Waals surface area contributed by atoms with Crippen LogP contribution in [0.15, 0.2) is 30.3 Å². The Balaban J connectivity index is 1.78. The Morgan fingerprint density at radius 1 is 1.30 bits per heavy atom. The third kappa shape index (κ3) is 2.59. The summed E-state index contributed by atoms with van der Waals surface area (Å²) in [6.07, 6.45) is 3.62. The maximum absolute atomic E-state index is 8.89. The molecular weight excluding hydrogens is 250 g/mol. The summed E-state index contributed by atoms with van der Waals surface area (Å²) in [6, 6.07) is 12.1. The van der Waals surface area contributed by atoms with E-state index in [1.807, 2.05) is 24.3 Å². The predicted molar refractivity (Wildman–Crippen MR) is 78.5 cm³/mol. The minimum absolute atomic E-state index is 0.367. The van der Waals surface area contributed by atoms with Crippen molar-refractivity contribution in [3.8, 4) is 6.07 Å². The second kappa shape index (κ2) is 5.48. The molecule has 1 aromatic carbocycles. The molecule has 1 aliphatic rings. The second-order valence-electron chi connectivity index (χ2n) is 5.23. The van der Waals surface area contributed by atoms with Gasteiger partial charge in [-0.2, -0.15) is 5.26 Å². The van der Waals surface area contributed by atoms with Crippen LogP contribution in [0, 0.1) is 11.3 Å². The van der Waals surface area contributed by atoms with E-state index in [2.05, 4.69) is 16.4 Å². The second-order valence-corrected chi connectivity index (χ2v) is 5.23. The Hall–Kier alpha value is -2.12. The van der Waals surface area contributed by atoms with Gasteiger partial charge in [-0.3, -0.25) is 0 Å². The number of aromatic nitrogens is 1. The summed E-state index contributed by atoms with van der Waals surface area (Å²) in [7, 11) is 1.77. The van der Waals surface area contributed by atoms with E-state index in [4.69, 9.17) is 10.00 Å². The number of ether oxygens (including phenoxy) is 1. The summed E-state index contributed by atoms with van der Waals surface area (Å²) in [5, 5.41) is 13.4. The minimum Gasteiger partial charge on any atom is -0.381 e. The molecule has 1 fully saturated rings. The van der Waals surface area contributed by atoms with E-state index in [1.165, 1.54) is 0 Å². The fourth-order valence-corrected chi connectivity index (χ4v) is 2.77. The third-order valence-electron chi connectivity index (χ3n) is 3.89. The largest absolute Gasteiger partial charge is 0.381 e. The first-order chi connectivity index (χ1) is 9.78. The molecule has 0 amide bonds. The van der Waals surface area contributed by atoms with Crippen molar-refractivity contribution in [1.82, 2.24) is 4.98 Å². The van der Waals surface area contributed by atoms with Gasteiger partial charge in [-0.05, 0) is 49.6 Å². The average Bonchev–Trinajstić information content (AvgIpc) is 2.94. The van der Waals surface area contributed by atoms with Crippen molar-refractivity contribution in [1.29, 1.82) is 5.26 Å². The Kier molecular flexibility index (Phi) is 3.53. The summed E-state index contributed by atoms with van der Waals surface area (Å²) in [5.74, 6) is 0.893. The maximum Gasteiger partial charge on any atom is 0.126 e. The number of benzene rings is 1. The maximum atomic E-state index is 8.89. The smallest absolute Gasteiger partial charge is 0.126 e. The highest BCUT2D eigenvalue weighted by Crippen LogP contribution is 2.25. The quantitative estimate of drug-likeness (QED) is 0.928. The van der Waals surface area contributed by atoms with E-state index in [-0.39, 0.29) is 0 Å². The van der Waals surface area contributed by atoms with Gasteiger partial charge in [-0.1, -0.05) is 0 Å². The van der Waals surface area contributed by atoms with Gasteiger partial charge >= 0.3 is 0 Å². The molecule has 102 valence electrons. The monoisotopic (exact) mass is 267 g/mol. The molecule has 20 heavy (non-hydrogen) atoms. The van der Waals surface area contributed by atoms with Crippen LogP contribution in [0.4, 0.5) is 5.82 Å². The molecule has 1 N–H and O–H groups in total. The minimum atomic E-state index is 0.367. The van der Waals surface area contributed by atoms with Crippen LogP contribution < -0.4 is 5.32 Å². The summed E-state index contributed by atoms with van der Waals surface area (Å²) >= 11 is 0. The van der Waals surface area contributed by atoms with Crippen LogP contribution >= 0.6 is 0 Å². The lowest BCUT2D eigenvalue weighted by molar-refractivity contribution is 0.108. The first-order valence-corrected chi connectivity index (χ1v) is 6.89. The van der Waals surface area contributed by atoms with Gasteiger partial charge in [0.2, 0.25) is 0 Å². The molecule has 0 aliphatic heterocycles. The van der Waals surface area contributed by atoms with Crippen molar-refractivity contribution in [3.63, 3.8) is 0 Å². The molecule has 0 spiro atoms. The van der Waals surface area contributed by atoms with Crippen molar-refractivity contribution in [3.05, 3.63) is 35.9 Å². The van der Waals surface area contributed by atoms with Crippen molar-refractivity contribution in [2.75, 3.05) is 12.4 Å². The number of anilines is 1. The molecule has 3 rings (SSSR count). The molecule has 1 saturated carbocycles. The number of rotatable bonds is 3. The zero-order valence-electron chi connectivity index (χ0n) is 11.5. The van der Waals surface area contributed by atoms with Gasteiger partial charge in [-0.25, -0.2) is 4.98 Å². The lowest BCUT2D eigenvalue weighted by atomic mass is 10.1. The van der Waals surface area contributed by atoms with E-state index < -0.39 is 0 Å². The first-order valence-electron chi connectivity index (χ1n) is 6.89. The number of nitrogens with zero attached hydrogens (tertiary/aromatic N) is 2. The number of fused-ring (bicyclic) bond motifs is 1. The molecule has 2 atom stereocenters. The molecule has 0 saturated heterocycles. The van der Waals surface area contributed by atoms with E-state index >= 15 is 0 Å². The molecule has 1 heterocycles. The van der Waals surface area contributed by atoms with E-state index in [0.29, 0.717) is 17.7 Å². The number of nitrogens with one attached hydrogen (secondary N) is 1. The topological polar surface area (TPSA) is 57.9 Å². The molecule has 4 nitrogen and oxygen atoms in total. The van der Waals surface area contributed by atoms with Crippen LogP contribution in [0.1, 0.15) is 24.8 Å². The van der Waals surface area contributed by atoms with Gasteiger partial charge in [0.25, 0.3) is 0 Å². The molecule has 0 radical (unpaired) electrons. The van der Waals surface area contributed by atoms with Crippen LogP contribution in [0.25, 0.3) is 10.9 Å². The van der Waals surface area contributed by atoms with E-state index in [1.54, 1.807) is 13.2 Å². The summed E-state index contributed by atoms with van der Waals surface area (Å²) < 4.78 is 5.38. The fourth-order valence-electron chi connectivity index (χ4n) is 2.77. The van der Waals surface area contributed by atoms with Crippen molar-refractivity contribution < 1.29 is 4.74 Å². The Labute approximate surface area is 118 Å². The fraction of sp³-hybridized carbons (Fsp3) is 0.375. The third-order valence-corrected chi connectivity index (χ3v) is 3.89. The zero-order chi connectivity index (χ0) is 13.9. The Bertz CT molecular complexity index is 662. The molecule has 1 aliphatic carbocycles. The number of methoxy groups -OCH3 is 1. The first kappa shape index (κ1) is 12.9. The van der Waals surface area contributed by atoms with Crippen LogP contribution in [0.5, 0.6) is 0 Å². The van der Waals surface area contributed by atoms with Gasteiger partial charge in [0.1, 0.15) is 5.82 Å². The highest BCUT2D eigenvalue weighted by atomic mass is 16.5. The normalized spacial score (nSPS) is 21.8. The van der Waals surface area contributed by atoms with Gasteiger partial charge in [0.15, 0.2) is 0 Å². The van der Waals surface area contributed by atoms with Crippen molar-refractivity contribution in [2.45, 2.75) is 31.4 Å². The van der Waals surface area contributed by atoms with Gasteiger partial charge in [0, 0.05) is 18.5 Å². The van der Waals surface area contributed by atoms with Gasteiger partial charge in [-0.15, -0.1) is 0 Å². The van der Waals surface area contributed by atoms with Crippen molar-refractivity contribution >= 4 is 16.7 Å². The standard InChI is InChI=1S/C16H17N3O/c1-20-14-5-4-13(9-14)18-16-7-3-12-8-11(10-17)2-6-15(12)19-16/h2-3,6-8,13-14H,4-5,9H2,1H3,(H,18,19). The Morgan fingerprint density at radius 2 is 2.20 bits per heavy atom. The molecular formula is C16H17N3O. The summed E-state index contributed by atoms with van der Waals surface area (Å²) in [6.45, 7) is 0. The van der Waals surface area contributed by atoms with Crippen molar-refractivity contribution in [2.24, 2.45) is 0 Å². The molecule has 4 heteroatoms. The Morgan fingerprint density at radius 3 is 2.95 bits per heavy atom. The van der Waals surface area contributed by atoms with Gasteiger partial charge in [0.05, 0.1) is 23.3 Å². The van der Waals surface area contributed by atoms with Crippen LogP contribution in [-0.4, -0.2) is 24.2 Å². The van der Waals surface area contributed by atoms with Crippen LogP contribution in [0.2, 0.25) is 0 Å². The number of hydrogen-bond acceptors (Lipinski definition) is 4. The predicted octanol–water partition coefficient (Wildman–Crippen LogP) is 3.09. The van der Waals surface area contributed by atoms with Crippen LogP contribution in [0.3, 0.4) is 0 Å². The van der Waals surface area contributed by atoms with E-state index in [9.17, 15) is 0 Å². The number of nitriles is 1. The van der Waals surface area contributed by atoms with Crippen LogP contribution in [-0.2, 0) is 4.74 Å². The van der Waals surface area contributed by atoms with E-state index in [0.717, 1.165) is 36.0 Å². The number of pyridine rings is 1. The highest BCUT2D eigenvalue weighted by Gasteiger charge is 2.24. The average molecular weight is 267 g/mol. The lowest BCUT2D eigenvalue weighted by Crippen LogP contribution is -2.17. The molecule has 0 bridgehead atoms. The zero-order valence-corrected chi connectivity index (χ0v) is 11.5. The summed E-state index contributed by atoms with van der Waals surface area (Å²) in [4.78, 5) is 4.60. The number of hydrogen-bond donors (Lipinski definition) is 1. The summed E-state index contributed by atoms with van der Waals surface area (Å²) in [5.41, 5.74) is 1.58. The SMILES string of the molecule is COC1CCC(Nc2ccc3cc(C#N)ccc3n2)C1. The lowest BCUT2D eigenvalue weighted by Gasteiger charge is -2.14.